The van der Waals surface area contributed by atoms with Gasteiger partial charge in [-0.25, -0.2) is 0 Å². The second kappa shape index (κ2) is 4.28. The van der Waals surface area contributed by atoms with E-state index in [0.29, 0.717) is 17.8 Å². The van der Waals surface area contributed by atoms with Crippen molar-refractivity contribution in [2.24, 2.45) is 0 Å². The van der Waals surface area contributed by atoms with Gasteiger partial charge in [-0.3, -0.25) is 4.79 Å². The van der Waals surface area contributed by atoms with E-state index in [-0.39, 0.29) is 11.4 Å². The summed E-state index contributed by atoms with van der Waals surface area (Å²) in [5.74, 6) is -0.0588. The number of nitrogen functional groups attached to an aromatic ring is 1. The van der Waals surface area contributed by atoms with Gasteiger partial charge in [-0.2, -0.15) is 0 Å². The lowest BCUT2D eigenvalue weighted by Gasteiger charge is -2.16. The van der Waals surface area contributed by atoms with Gasteiger partial charge in [0.25, 0.3) is 5.91 Å². The molecule has 0 unspecified atom stereocenters. The van der Waals surface area contributed by atoms with Crippen molar-refractivity contribution in [3.05, 3.63) is 23.8 Å². The van der Waals surface area contributed by atoms with E-state index in [9.17, 15) is 4.79 Å². The van der Waals surface area contributed by atoms with E-state index in [2.05, 4.69) is 17.6 Å². The van der Waals surface area contributed by atoms with E-state index in [1.54, 1.807) is 12.1 Å². The fraction of sp³-hybridized carbons (Fsp3) is 0.462. The number of nitrogens with one attached hydrogen (secondary N) is 2. The Morgan fingerprint density at radius 2 is 2.18 bits per heavy atom. The molecular weight excluding hydrogens is 214 g/mol. The Hall–Kier alpha value is -1.71. The smallest absolute Gasteiger partial charge is 0.251 e. The second-order valence-electron chi connectivity index (χ2n) is 4.85. The molecule has 92 valence electrons. The summed E-state index contributed by atoms with van der Waals surface area (Å²) in [5.41, 5.74) is 8.25. The lowest BCUT2D eigenvalue weighted by Crippen LogP contribution is -2.23. The van der Waals surface area contributed by atoms with E-state index in [1.165, 1.54) is 0 Å². The first kappa shape index (κ1) is 11.8. The van der Waals surface area contributed by atoms with Crippen LogP contribution in [0.4, 0.5) is 11.4 Å². The van der Waals surface area contributed by atoms with Crippen LogP contribution in [0, 0.1) is 0 Å². The quantitative estimate of drug-likeness (QED) is 0.697. The molecule has 1 aliphatic carbocycles. The summed E-state index contributed by atoms with van der Waals surface area (Å²) in [7, 11) is 0. The van der Waals surface area contributed by atoms with Crippen LogP contribution in [0.2, 0.25) is 0 Å². The van der Waals surface area contributed by atoms with Gasteiger partial charge < -0.3 is 16.4 Å². The summed E-state index contributed by atoms with van der Waals surface area (Å²) in [4.78, 5) is 11.7. The van der Waals surface area contributed by atoms with Gasteiger partial charge in [0.2, 0.25) is 0 Å². The average molecular weight is 233 g/mol. The standard InChI is InChI=1S/C13H19N3O/c1-3-15-12(17)9-4-5-10(14)11(8-9)16-13(2)6-7-13/h4-5,8,16H,3,6-7,14H2,1-2H3,(H,15,17). The molecule has 0 bridgehead atoms. The van der Waals surface area contributed by atoms with Crippen molar-refractivity contribution in [1.82, 2.24) is 5.32 Å². The number of benzene rings is 1. The third-order valence-electron chi connectivity index (χ3n) is 3.09. The van der Waals surface area contributed by atoms with Crippen LogP contribution in [0.1, 0.15) is 37.0 Å². The Bertz CT molecular complexity index is 438. The van der Waals surface area contributed by atoms with Crippen molar-refractivity contribution in [1.29, 1.82) is 0 Å². The molecule has 4 N–H and O–H groups in total. The monoisotopic (exact) mass is 233 g/mol. The van der Waals surface area contributed by atoms with Gasteiger partial charge in [0.15, 0.2) is 0 Å². The van der Waals surface area contributed by atoms with E-state index >= 15 is 0 Å². The van der Waals surface area contributed by atoms with Crippen molar-refractivity contribution >= 4 is 17.3 Å². The molecule has 4 heteroatoms. The summed E-state index contributed by atoms with van der Waals surface area (Å²) in [6.07, 6.45) is 2.30. The third-order valence-corrected chi connectivity index (χ3v) is 3.09. The second-order valence-corrected chi connectivity index (χ2v) is 4.85. The highest BCUT2D eigenvalue weighted by atomic mass is 16.1. The fourth-order valence-electron chi connectivity index (χ4n) is 1.71. The first-order valence-electron chi connectivity index (χ1n) is 6.00. The van der Waals surface area contributed by atoms with Crippen LogP contribution in [-0.2, 0) is 0 Å². The molecule has 1 fully saturated rings. The third kappa shape index (κ3) is 2.70. The number of hydrogen-bond donors (Lipinski definition) is 3. The summed E-state index contributed by atoms with van der Waals surface area (Å²) >= 11 is 0. The first-order valence-corrected chi connectivity index (χ1v) is 6.00. The van der Waals surface area contributed by atoms with Crippen molar-refractivity contribution in [2.75, 3.05) is 17.6 Å². The summed E-state index contributed by atoms with van der Waals surface area (Å²) < 4.78 is 0. The minimum atomic E-state index is -0.0588. The van der Waals surface area contributed by atoms with E-state index in [4.69, 9.17) is 5.73 Å². The highest BCUT2D eigenvalue weighted by molar-refractivity contribution is 5.96. The fourth-order valence-corrected chi connectivity index (χ4v) is 1.71. The lowest BCUT2D eigenvalue weighted by molar-refractivity contribution is 0.0956. The molecule has 0 aliphatic heterocycles. The number of carbonyl (C=O) groups is 1. The molecule has 1 saturated carbocycles. The molecule has 0 heterocycles. The largest absolute Gasteiger partial charge is 0.397 e. The molecule has 1 aromatic rings. The maximum Gasteiger partial charge on any atom is 0.251 e. The van der Waals surface area contributed by atoms with Crippen LogP contribution in [0.5, 0.6) is 0 Å². The Morgan fingerprint density at radius 1 is 1.47 bits per heavy atom. The van der Waals surface area contributed by atoms with Gasteiger partial charge in [0.05, 0.1) is 11.4 Å². The van der Waals surface area contributed by atoms with Gasteiger partial charge >= 0.3 is 0 Å². The normalized spacial score (nSPS) is 16.4. The van der Waals surface area contributed by atoms with Crippen LogP contribution >= 0.6 is 0 Å². The van der Waals surface area contributed by atoms with Crippen molar-refractivity contribution in [3.8, 4) is 0 Å². The SMILES string of the molecule is CCNC(=O)c1ccc(N)c(NC2(C)CC2)c1. The molecule has 0 aromatic heterocycles. The molecule has 1 aliphatic rings. The lowest BCUT2D eigenvalue weighted by atomic mass is 10.1. The van der Waals surface area contributed by atoms with Crippen LogP contribution in [0.25, 0.3) is 0 Å². The number of anilines is 2. The molecular formula is C13H19N3O. The highest BCUT2D eigenvalue weighted by Crippen LogP contribution is 2.39. The number of hydrogen-bond acceptors (Lipinski definition) is 3. The Labute approximate surface area is 102 Å². The maximum atomic E-state index is 11.7. The molecule has 0 saturated heterocycles. The van der Waals surface area contributed by atoms with E-state index in [1.807, 2.05) is 13.0 Å². The van der Waals surface area contributed by atoms with Gasteiger partial charge in [0.1, 0.15) is 0 Å². The summed E-state index contributed by atoms with van der Waals surface area (Å²) in [5, 5.41) is 6.17. The minimum absolute atomic E-state index is 0.0588. The van der Waals surface area contributed by atoms with Crippen molar-refractivity contribution < 1.29 is 4.79 Å². The Kier molecular flexibility index (Phi) is 2.96. The average Bonchev–Trinajstić information content (AvgIpc) is 3.00. The predicted octanol–water partition coefficient (Wildman–Crippen LogP) is 1.98. The molecule has 2 rings (SSSR count). The molecule has 1 amide bonds. The molecule has 4 nitrogen and oxygen atoms in total. The molecule has 1 aromatic carbocycles. The summed E-state index contributed by atoms with van der Waals surface area (Å²) in [6.45, 7) is 4.69. The van der Waals surface area contributed by atoms with Gasteiger partial charge in [0, 0.05) is 17.6 Å². The van der Waals surface area contributed by atoms with Crippen molar-refractivity contribution in [2.45, 2.75) is 32.2 Å². The predicted molar refractivity (Wildman–Crippen MR) is 70.1 cm³/mol. The molecule has 0 radical (unpaired) electrons. The zero-order chi connectivity index (χ0) is 12.5. The van der Waals surface area contributed by atoms with E-state index < -0.39 is 0 Å². The van der Waals surface area contributed by atoms with E-state index in [0.717, 1.165) is 18.5 Å². The summed E-state index contributed by atoms with van der Waals surface area (Å²) in [6, 6.07) is 5.35. The zero-order valence-electron chi connectivity index (χ0n) is 10.3. The number of amides is 1. The molecule has 0 atom stereocenters. The van der Waals surface area contributed by atoms with Crippen LogP contribution in [0.3, 0.4) is 0 Å². The van der Waals surface area contributed by atoms with Gasteiger partial charge in [-0.05, 0) is 44.9 Å². The van der Waals surface area contributed by atoms with Crippen LogP contribution in [-0.4, -0.2) is 18.0 Å². The highest BCUT2D eigenvalue weighted by Gasteiger charge is 2.37. The van der Waals surface area contributed by atoms with Gasteiger partial charge in [-0.15, -0.1) is 0 Å². The molecule has 17 heavy (non-hydrogen) atoms. The minimum Gasteiger partial charge on any atom is -0.397 e. The Morgan fingerprint density at radius 3 is 2.76 bits per heavy atom. The van der Waals surface area contributed by atoms with Crippen LogP contribution < -0.4 is 16.4 Å². The maximum absolute atomic E-state index is 11.7. The molecule has 0 spiro atoms. The van der Waals surface area contributed by atoms with Gasteiger partial charge in [-0.1, -0.05) is 0 Å². The van der Waals surface area contributed by atoms with Crippen molar-refractivity contribution in [3.63, 3.8) is 0 Å². The number of nitrogens with two attached hydrogens (primary N) is 1. The number of rotatable bonds is 4. The first-order chi connectivity index (χ1) is 8.04. The Balaban J connectivity index is 2.19. The van der Waals surface area contributed by atoms with Crippen LogP contribution in [0.15, 0.2) is 18.2 Å². The number of carbonyl (C=O) groups excluding carboxylic acids is 1. The topological polar surface area (TPSA) is 67.2 Å². The zero-order valence-corrected chi connectivity index (χ0v) is 10.3.